The van der Waals surface area contributed by atoms with E-state index in [9.17, 15) is 9.18 Å². The van der Waals surface area contributed by atoms with Crippen LogP contribution in [-0.4, -0.2) is 39.9 Å². The molecule has 0 spiro atoms. The average molecular weight is 457 g/mol. The second-order valence-electron chi connectivity index (χ2n) is 7.19. The third-order valence-electron chi connectivity index (χ3n) is 4.98. The summed E-state index contributed by atoms with van der Waals surface area (Å²) < 4.78 is 20.9. The first kappa shape index (κ1) is 19.9. The number of ether oxygens (including phenoxy) is 1. The molecule has 0 unspecified atom stereocenters. The Kier molecular flexibility index (Phi) is 5.09. The third kappa shape index (κ3) is 3.76. The van der Waals surface area contributed by atoms with Gasteiger partial charge in [-0.25, -0.2) is 14.1 Å². The molecule has 0 aliphatic carbocycles. The Labute approximate surface area is 185 Å². The average Bonchev–Trinajstić information content (AvgIpc) is 3.34. The Morgan fingerprint density at radius 2 is 2.19 bits per heavy atom. The summed E-state index contributed by atoms with van der Waals surface area (Å²) in [7, 11) is 0. The molecule has 1 aliphatic rings. The normalized spacial score (nSPS) is 13.9. The van der Waals surface area contributed by atoms with E-state index in [1.54, 1.807) is 29.1 Å². The number of pyridine rings is 1. The Bertz CT molecular complexity index is 1280. The van der Waals surface area contributed by atoms with Crippen LogP contribution in [0, 0.1) is 12.7 Å². The molecule has 1 saturated heterocycles. The summed E-state index contributed by atoms with van der Waals surface area (Å²) in [4.78, 5) is 17.6. The summed E-state index contributed by atoms with van der Waals surface area (Å²) in [6, 6.07) is 8.22. The molecule has 31 heavy (non-hydrogen) atoms. The van der Waals surface area contributed by atoms with E-state index in [0.29, 0.717) is 35.1 Å². The van der Waals surface area contributed by atoms with Gasteiger partial charge in [0.05, 0.1) is 58.1 Å². The highest BCUT2D eigenvalue weighted by molar-refractivity contribution is 7.12. The molecule has 1 amide bonds. The van der Waals surface area contributed by atoms with Crippen LogP contribution < -0.4 is 10.6 Å². The fourth-order valence-corrected chi connectivity index (χ4v) is 4.23. The van der Waals surface area contributed by atoms with Crippen LogP contribution in [0.5, 0.6) is 0 Å². The van der Waals surface area contributed by atoms with Crippen molar-refractivity contribution in [1.29, 1.82) is 0 Å². The number of benzene rings is 1. The van der Waals surface area contributed by atoms with Crippen LogP contribution in [0.1, 0.15) is 15.4 Å². The molecule has 1 fully saturated rings. The lowest BCUT2D eigenvalue weighted by molar-refractivity contribution is -0.00338. The van der Waals surface area contributed by atoms with Gasteiger partial charge in [0.15, 0.2) is 5.65 Å². The number of para-hydroxylation sites is 1. The number of amides is 1. The SMILES string of the molecule is Cc1nc2c(cnn2-c2csc(C(=O)NC3COC3)c2)cc1Nc1c([18F])cccc1Cl. The molecule has 3 aromatic heterocycles. The Hall–Kier alpha value is -3.01. The van der Waals surface area contributed by atoms with E-state index in [1.165, 1.54) is 17.4 Å². The Balaban J connectivity index is 1.44. The highest BCUT2D eigenvalue weighted by Gasteiger charge is 2.22. The van der Waals surface area contributed by atoms with Crippen molar-refractivity contribution in [3.63, 3.8) is 0 Å². The van der Waals surface area contributed by atoms with Crippen LogP contribution in [0.15, 0.2) is 41.9 Å². The van der Waals surface area contributed by atoms with Gasteiger partial charge in [-0.1, -0.05) is 17.7 Å². The van der Waals surface area contributed by atoms with Gasteiger partial charge in [0.2, 0.25) is 0 Å². The number of hydrogen-bond donors (Lipinski definition) is 2. The van der Waals surface area contributed by atoms with Gasteiger partial charge in [-0.2, -0.15) is 5.10 Å². The van der Waals surface area contributed by atoms with Gasteiger partial charge in [0.25, 0.3) is 5.91 Å². The maximum Gasteiger partial charge on any atom is 0.261 e. The first-order chi connectivity index (χ1) is 15.0. The van der Waals surface area contributed by atoms with Gasteiger partial charge in [0, 0.05) is 10.8 Å². The van der Waals surface area contributed by atoms with Gasteiger partial charge < -0.3 is 15.4 Å². The number of rotatable bonds is 5. The van der Waals surface area contributed by atoms with Gasteiger partial charge in [-0.3, -0.25) is 4.79 Å². The van der Waals surface area contributed by atoms with Crippen molar-refractivity contribution < 1.29 is 13.9 Å². The molecule has 2 N–H and O–H groups in total. The number of carbonyl (C=O) groups excluding carboxylic acids is 1. The second-order valence-corrected chi connectivity index (χ2v) is 8.51. The minimum absolute atomic E-state index is 0.0711. The van der Waals surface area contributed by atoms with Crippen LogP contribution in [-0.2, 0) is 4.74 Å². The van der Waals surface area contributed by atoms with Crippen LogP contribution >= 0.6 is 22.9 Å². The fraction of sp³-hybridized carbons (Fsp3) is 0.190. The molecule has 1 aromatic carbocycles. The fourth-order valence-electron chi connectivity index (χ4n) is 3.25. The summed E-state index contributed by atoms with van der Waals surface area (Å²) in [5.74, 6) is -0.571. The van der Waals surface area contributed by atoms with E-state index in [2.05, 4.69) is 20.7 Å². The molecule has 4 aromatic rings. The van der Waals surface area contributed by atoms with Crippen LogP contribution in [0.3, 0.4) is 0 Å². The number of fused-ring (bicyclic) bond motifs is 1. The van der Waals surface area contributed by atoms with Crippen molar-refractivity contribution >= 4 is 51.3 Å². The van der Waals surface area contributed by atoms with Crippen molar-refractivity contribution in [2.75, 3.05) is 18.5 Å². The molecule has 1 aliphatic heterocycles. The number of aryl methyl sites for hydroxylation is 1. The molecule has 0 saturated carbocycles. The number of nitrogens with one attached hydrogen (secondary N) is 2. The van der Waals surface area contributed by atoms with Crippen molar-refractivity contribution in [3.8, 4) is 5.69 Å². The molecule has 0 radical (unpaired) electrons. The number of halogens is 2. The molecule has 10 heteroatoms. The zero-order valence-electron chi connectivity index (χ0n) is 16.4. The van der Waals surface area contributed by atoms with Gasteiger partial charge in [-0.15, -0.1) is 11.3 Å². The van der Waals surface area contributed by atoms with Gasteiger partial charge in [-0.05, 0) is 31.2 Å². The highest BCUT2D eigenvalue weighted by Crippen LogP contribution is 2.31. The Morgan fingerprint density at radius 3 is 2.94 bits per heavy atom. The number of carbonyl (C=O) groups is 1. The molecular weight excluding hydrogens is 440 g/mol. The van der Waals surface area contributed by atoms with E-state index >= 15 is 0 Å². The standard InChI is InChI=1S/C21H17ClFN5O2S/c1-11-17(27-19-15(22)3-2-4-16(19)23)5-12-7-24-28(20(12)25-11)14-6-18(31-10-14)21(29)26-13-8-30-9-13/h2-7,10,13,27H,8-9H2,1H3,(H,26,29)/i23-1. The van der Waals surface area contributed by atoms with E-state index in [4.69, 9.17) is 16.3 Å². The molecular formula is C21H17ClFN5O2S. The molecule has 158 valence electrons. The predicted octanol–water partition coefficient (Wildman–Crippen LogP) is 4.46. The highest BCUT2D eigenvalue weighted by atomic mass is 35.5. The lowest BCUT2D eigenvalue weighted by Crippen LogP contribution is -2.48. The summed E-state index contributed by atoms with van der Waals surface area (Å²) in [5.41, 5.74) is 2.88. The van der Waals surface area contributed by atoms with Gasteiger partial charge >= 0.3 is 0 Å². The molecule has 5 rings (SSSR count). The van der Waals surface area contributed by atoms with Crippen molar-refractivity contribution in [2.45, 2.75) is 13.0 Å². The smallest absolute Gasteiger partial charge is 0.261 e. The lowest BCUT2D eigenvalue weighted by atomic mass is 10.2. The summed E-state index contributed by atoms with van der Waals surface area (Å²) in [6.07, 6.45) is 1.68. The predicted molar refractivity (Wildman–Crippen MR) is 118 cm³/mol. The number of anilines is 2. The maximum atomic E-state index is 14.2. The van der Waals surface area contributed by atoms with Crippen molar-refractivity contribution in [3.05, 3.63) is 63.3 Å². The summed E-state index contributed by atoms with van der Waals surface area (Å²) in [6.45, 7) is 2.91. The monoisotopic (exact) mass is 456 g/mol. The number of aromatic nitrogens is 3. The van der Waals surface area contributed by atoms with E-state index in [0.717, 1.165) is 11.1 Å². The van der Waals surface area contributed by atoms with Gasteiger partial charge in [0.1, 0.15) is 5.82 Å². The largest absolute Gasteiger partial charge is 0.377 e. The van der Waals surface area contributed by atoms with Crippen molar-refractivity contribution in [2.24, 2.45) is 0 Å². The Morgan fingerprint density at radius 1 is 1.35 bits per heavy atom. The number of thiophene rings is 1. The molecule has 7 nitrogen and oxygen atoms in total. The zero-order chi connectivity index (χ0) is 21.5. The first-order valence-electron chi connectivity index (χ1n) is 9.53. The minimum atomic E-state index is -0.444. The molecule has 4 heterocycles. The van der Waals surface area contributed by atoms with E-state index in [-0.39, 0.29) is 22.7 Å². The topological polar surface area (TPSA) is 81.1 Å². The quantitative estimate of drug-likeness (QED) is 0.463. The van der Waals surface area contributed by atoms with Crippen LogP contribution in [0.4, 0.5) is 15.8 Å². The maximum absolute atomic E-state index is 14.2. The van der Waals surface area contributed by atoms with E-state index < -0.39 is 5.82 Å². The lowest BCUT2D eigenvalue weighted by Gasteiger charge is -2.26. The summed E-state index contributed by atoms with van der Waals surface area (Å²) >= 11 is 7.47. The zero-order valence-corrected chi connectivity index (χ0v) is 17.9. The number of nitrogens with zero attached hydrogens (tertiary/aromatic N) is 3. The molecule has 0 atom stereocenters. The molecule has 0 bridgehead atoms. The van der Waals surface area contributed by atoms with Crippen LogP contribution in [0.2, 0.25) is 5.02 Å². The third-order valence-corrected chi connectivity index (χ3v) is 6.22. The second kappa shape index (κ2) is 7.92. The van der Waals surface area contributed by atoms with Crippen molar-refractivity contribution in [1.82, 2.24) is 20.1 Å². The number of hydrogen-bond acceptors (Lipinski definition) is 6. The van der Waals surface area contributed by atoms with E-state index in [1.807, 2.05) is 18.4 Å². The summed E-state index contributed by atoms with van der Waals surface area (Å²) in [5, 5.41) is 13.3. The minimum Gasteiger partial charge on any atom is -0.377 e. The van der Waals surface area contributed by atoms with Crippen LogP contribution in [0.25, 0.3) is 16.7 Å². The first-order valence-corrected chi connectivity index (χ1v) is 10.8.